The van der Waals surface area contributed by atoms with E-state index in [2.05, 4.69) is 5.32 Å². The molecular weight excluding hydrogens is 271 g/mol. The van der Waals surface area contributed by atoms with Gasteiger partial charge >= 0.3 is 5.69 Å². The van der Waals surface area contributed by atoms with Crippen LogP contribution in [0.15, 0.2) is 42.5 Å². The summed E-state index contributed by atoms with van der Waals surface area (Å²) in [4.78, 5) is 10.0. The van der Waals surface area contributed by atoms with Gasteiger partial charge in [0.1, 0.15) is 0 Å². The molecule has 0 saturated heterocycles. The van der Waals surface area contributed by atoms with Crippen LogP contribution in [-0.4, -0.2) is 4.92 Å². The lowest BCUT2D eigenvalue weighted by Gasteiger charge is -2.16. The van der Waals surface area contributed by atoms with Crippen LogP contribution in [0, 0.1) is 22.9 Å². The fourth-order valence-electron chi connectivity index (χ4n) is 2.29. The molecule has 0 aliphatic heterocycles. The summed E-state index contributed by atoms with van der Waals surface area (Å²) in [5.41, 5.74) is 2.09. The van der Waals surface area contributed by atoms with Gasteiger partial charge in [0.25, 0.3) is 0 Å². The van der Waals surface area contributed by atoms with Gasteiger partial charge in [0, 0.05) is 24.2 Å². The number of hydrogen-bond acceptors (Lipinski definition) is 3. The van der Waals surface area contributed by atoms with Crippen molar-refractivity contribution >= 4 is 5.69 Å². The third-order valence-corrected chi connectivity index (χ3v) is 3.51. The van der Waals surface area contributed by atoms with Gasteiger partial charge in [-0.25, -0.2) is 0 Å². The van der Waals surface area contributed by atoms with Crippen LogP contribution in [0.3, 0.4) is 0 Å². The number of nitro groups is 1. The number of benzene rings is 2. The molecular formula is C16H17FN2O2. The summed E-state index contributed by atoms with van der Waals surface area (Å²) < 4.78 is 14.0. The summed E-state index contributed by atoms with van der Waals surface area (Å²) in [6.07, 6.45) is 0. The quantitative estimate of drug-likeness (QED) is 0.670. The van der Waals surface area contributed by atoms with Gasteiger partial charge in [-0.2, -0.15) is 4.39 Å². The largest absolute Gasteiger partial charge is 0.306 e. The van der Waals surface area contributed by atoms with Gasteiger partial charge in [-0.05, 0) is 25.0 Å². The van der Waals surface area contributed by atoms with Crippen molar-refractivity contribution in [1.29, 1.82) is 0 Å². The number of nitro benzene ring substituents is 1. The minimum Gasteiger partial charge on any atom is -0.306 e. The van der Waals surface area contributed by atoms with Crippen molar-refractivity contribution in [2.24, 2.45) is 0 Å². The van der Waals surface area contributed by atoms with Gasteiger partial charge in [-0.3, -0.25) is 10.1 Å². The van der Waals surface area contributed by atoms with Crippen LogP contribution in [-0.2, 0) is 6.54 Å². The molecule has 21 heavy (non-hydrogen) atoms. The highest BCUT2D eigenvalue weighted by Gasteiger charge is 2.17. The molecule has 0 radical (unpaired) electrons. The molecule has 0 saturated carbocycles. The third-order valence-electron chi connectivity index (χ3n) is 3.51. The highest BCUT2D eigenvalue weighted by atomic mass is 19.1. The summed E-state index contributed by atoms with van der Waals surface area (Å²) in [5, 5.41) is 13.9. The average molecular weight is 288 g/mol. The Bertz CT molecular complexity index is 658. The summed E-state index contributed by atoms with van der Waals surface area (Å²) >= 11 is 0. The molecule has 0 amide bonds. The highest BCUT2D eigenvalue weighted by Crippen LogP contribution is 2.22. The van der Waals surface area contributed by atoms with E-state index in [0.717, 1.165) is 11.1 Å². The van der Waals surface area contributed by atoms with E-state index in [0.29, 0.717) is 5.56 Å². The Morgan fingerprint density at radius 2 is 1.95 bits per heavy atom. The minimum atomic E-state index is -0.771. The van der Waals surface area contributed by atoms with Crippen LogP contribution in [0.1, 0.15) is 29.7 Å². The van der Waals surface area contributed by atoms with Crippen molar-refractivity contribution < 1.29 is 9.31 Å². The van der Waals surface area contributed by atoms with Crippen LogP contribution in [0.25, 0.3) is 0 Å². The molecule has 4 nitrogen and oxygen atoms in total. The summed E-state index contributed by atoms with van der Waals surface area (Å²) in [7, 11) is 0. The maximum Gasteiger partial charge on any atom is 0.305 e. The Kier molecular flexibility index (Phi) is 4.65. The van der Waals surface area contributed by atoms with Gasteiger partial charge in [0.15, 0.2) is 0 Å². The van der Waals surface area contributed by atoms with E-state index in [1.165, 1.54) is 12.1 Å². The first-order valence-corrected chi connectivity index (χ1v) is 6.71. The fourth-order valence-corrected chi connectivity index (χ4v) is 2.29. The molecule has 1 atom stereocenters. The van der Waals surface area contributed by atoms with Crippen molar-refractivity contribution in [1.82, 2.24) is 5.32 Å². The zero-order chi connectivity index (χ0) is 15.4. The van der Waals surface area contributed by atoms with E-state index < -0.39 is 16.4 Å². The number of nitrogens with one attached hydrogen (secondary N) is 1. The lowest BCUT2D eigenvalue weighted by atomic mass is 10.0. The Hall–Kier alpha value is -2.27. The zero-order valence-corrected chi connectivity index (χ0v) is 12.0. The van der Waals surface area contributed by atoms with Crippen LogP contribution in [0.2, 0.25) is 0 Å². The molecule has 1 N–H and O–H groups in total. The first-order chi connectivity index (χ1) is 10.0. The maximum absolute atomic E-state index is 14.0. The first kappa shape index (κ1) is 15.1. The molecule has 0 heterocycles. The molecule has 0 aliphatic rings. The molecule has 2 rings (SSSR count). The van der Waals surface area contributed by atoms with E-state index in [1.54, 1.807) is 6.07 Å². The lowest BCUT2D eigenvalue weighted by molar-refractivity contribution is -0.387. The second-order valence-corrected chi connectivity index (χ2v) is 4.97. The van der Waals surface area contributed by atoms with Gasteiger partial charge in [-0.15, -0.1) is 0 Å². The summed E-state index contributed by atoms with van der Waals surface area (Å²) in [5.74, 6) is -0.771. The SMILES string of the molecule is Cc1ccccc1C(C)NCc1cccc([N+](=O)[O-])c1F. The van der Waals surface area contributed by atoms with Gasteiger partial charge < -0.3 is 5.32 Å². The predicted molar refractivity (Wildman–Crippen MR) is 79.5 cm³/mol. The molecule has 5 heteroatoms. The van der Waals surface area contributed by atoms with Crippen molar-refractivity contribution in [2.75, 3.05) is 0 Å². The molecule has 110 valence electrons. The number of nitrogens with zero attached hydrogens (tertiary/aromatic N) is 1. The van der Waals surface area contributed by atoms with Crippen molar-refractivity contribution in [3.63, 3.8) is 0 Å². The Morgan fingerprint density at radius 1 is 1.24 bits per heavy atom. The van der Waals surface area contributed by atoms with E-state index in [-0.39, 0.29) is 12.6 Å². The number of halogens is 1. The Labute approximate surface area is 122 Å². The van der Waals surface area contributed by atoms with E-state index in [9.17, 15) is 14.5 Å². The summed E-state index contributed by atoms with van der Waals surface area (Å²) in [6, 6.07) is 12.2. The van der Waals surface area contributed by atoms with E-state index >= 15 is 0 Å². The molecule has 0 bridgehead atoms. The standard InChI is InChI=1S/C16H17FN2O2/c1-11-6-3-4-8-14(11)12(2)18-10-13-7-5-9-15(16(13)17)19(20)21/h3-9,12,18H,10H2,1-2H3. The molecule has 0 spiro atoms. The van der Waals surface area contributed by atoms with Crippen LogP contribution < -0.4 is 5.32 Å². The monoisotopic (exact) mass is 288 g/mol. The number of aryl methyl sites for hydroxylation is 1. The molecule has 0 aliphatic carbocycles. The Morgan fingerprint density at radius 3 is 2.62 bits per heavy atom. The van der Waals surface area contributed by atoms with Crippen molar-refractivity contribution in [3.05, 3.63) is 75.1 Å². The molecule has 1 unspecified atom stereocenters. The van der Waals surface area contributed by atoms with Crippen molar-refractivity contribution in [2.45, 2.75) is 26.4 Å². The van der Waals surface area contributed by atoms with Gasteiger partial charge in [0.2, 0.25) is 5.82 Å². The van der Waals surface area contributed by atoms with Crippen LogP contribution >= 0.6 is 0 Å². The number of rotatable bonds is 5. The second-order valence-electron chi connectivity index (χ2n) is 4.97. The van der Waals surface area contributed by atoms with Crippen molar-refractivity contribution in [3.8, 4) is 0 Å². The molecule has 2 aromatic rings. The van der Waals surface area contributed by atoms with Gasteiger partial charge in [0.05, 0.1) is 4.92 Å². The smallest absolute Gasteiger partial charge is 0.305 e. The average Bonchev–Trinajstić information content (AvgIpc) is 2.46. The topological polar surface area (TPSA) is 55.2 Å². The minimum absolute atomic E-state index is 0.0323. The normalized spacial score (nSPS) is 12.1. The molecule has 0 aromatic heterocycles. The maximum atomic E-state index is 14.0. The highest BCUT2D eigenvalue weighted by molar-refractivity contribution is 5.37. The Balaban J connectivity index is 2.12. The second kappa shape index (κ2) is 6.45. The van der Waals surface area contributed by atoms with E-state index in [4.69, 9.17) is 0 Å². The van der Waals surface area contributed by atoms with Gasteiger partial charge in [-0.1, -0.05) is 36.4 Å². The third kappa shape index (κ3) is 3.44. The summed E-state index contributed by atoms with van der Waals surface area (Å²) in [6.45, 7) is 4.24. The van der Waals surface area contributed by atoms with E-state index in [1.807, 2.05) is 38.1 Å². The lowest BCUT2D eigenvalue weighted by Crippen LogP contribution is -2.19. The molecule has 2 aromatic carbocycles. The van der Waals surface area contributed by atoms with Crippen LogP contribution in [0.4, 0.5) is 10.1 Å². The fraction of sp³-hybridized carbons (Fsp3) is 0.250. The zero-order valence-electron chi connectivity index (χ0n) is 12.0. The van der Waals surface area contributed by atoms with Crippen LogP contribution in [0.5, 0.6) is 0 Å². The predicted octanol–water partition coefficient (Wildman–Crippen LogP) is 3.89. The molecule has 0 fully saturated rings. The first-order valence-electron chi connectivity index (χ1n) is 6.71. The number of hydrogen-bond donors (Lipinski definition) is 1.